The van der Waals surface area contributed by atoms with Crippen LogP contribution in [0.3, 0.4) is 0 Å². The summed E-state index contributed by atoms with van der Waals surface area (Å²) in [6, 6.07) is 5.96. The van der Waals surface area contributed by atoms with Crippen molar-refractivity contribution in [2.75, 3.05) is 7.11 Å². The van der Waals surface area contributed by atoms with Gasteiger partial charge in [0, 0.05) is 15.2 Å². The van der Waals surface area contributed by atoms with E-state index in [0.717, 1.165) is 16.0 Å². The average molecular weight is 257 g/mol. The highest BCUT2D eigenvalue weighted by Gasteiger charge is 2.15. The minimum atomic E-state index is 0.761. The van der Waals surface area contributed by atoms with Crippen LogP contribution in [0, 0.1) is 0 Å². The molecule has 0 amide bonds. The lowest BCUT2D eigenvalue weighted by atomic mass is 10.0. The lowest BCUT2D eigenvalue weighted by Gasteiger charge is -2.21. The van der Waals surface area contributed by atoms with Gasteiger partial charge >= 0.3 is 0 Å². The molecule has 1 aliphatic carbocycles. The number of thioether (sulfide) groups is 1. The molecule has 1 saturated carbocycles. The van der Waals surface area contributed by atoms with Gasteiger partial charge < -0.3 is 4.74 Å². The summed E-state index contributed by atoms with van der Waals surface area (Å²) in [6.07, 6.45) is 6.81. The van der Waals surface area contributed by atoms with Gasteiger partial charge in [-0.15, -0.1) is 11.8 Å². The zero-order valence-electron chi connectivity index (χ0n) is 9.54. The second kappa shape index (κ2) is 5.83. The fourth-order valence-corrected chi connectivity index (χ4v) is 3.72. The molecule has 16 heavy (non-hydrogen) atoms. The van der Waals surface area contributed by atoms with Gasteiger partial charge in [0.2, 0.25) is 0 Å². The van der Waals surface area contributed by atoms with E-state index in [4.69, 9.17) is 16.3 Å². The predicted octanol–water partition coefficient (Wildman–Crippen LogP) is 4.77. The second-order valence-electron chi connectivity index (χ2n) is 4.20. The fraction of sp³-hybridized carbons (Fsp3) is 0.538. The van der Waals surface area contributed by atoms with Crippen molar-refractivity contribution in [1.82, 2.24) is 0 Å². The molecule has 3 heteroatoms. The van der Waals surface area contributed by atoms with Gasteiger partial charge in [0.25, 0.3) is 0 Å². The third kappa shape index (κ3) is 3.33. The Morgan fingerprint density at radius 3 is 2.62 bits per heavy atom. The van der Waals surface area contributed by atoms with Crippen LogP contribution >= 0.6 is 23.4 Å². The Labute approximate surface area is 107 Å². The summed E-state index contributed by atoms with van der Waals surface area (Å²) in [7, 11) is 1.68. The van der Waals surface area contributed by atoms with Crippen LogP contribution in [-0.2, 0) is 0 Å². The largest absolute Gasteiger partial charge is 0.497 e. The zero-order chi connectivity index (χ0) is 11.4. The maximum absolute atomic E-state index is 6.05. The van der Waals surface area contributed by atoms with E-state index in [2.05, 4.69) is 6.07 Å². The monoisotopic (exact) mass is 256 g/mol. The molecule has 0 radical (unpaired) electrons. The molecule has 0 spiro atoms. The van der Waals surface area contributed by atoms with Gasteiger partial charge in [-0.25, -0.2) is 0 Å². The summed E-state index contributed by atoms with van der Waals surface area (Å²) >= 11 is 8.00. The molecule has 0 saturated heterocycles. The number of halogens is 1. The number of methoxy groups -OCH3 is 1. The molecule has 0 aliphatic heterocycles. The van der Waals surface area contributed by atoms with Crippen molar-refractivity contribution in [3.8, 4) is 5.75 Å². The number of hydrogen-bond donors (Lipinski definition) is 0. The number of ether oxygens (including phenoxy) is 1. The SMILES string of the molecule is COc1cc(Cl)cc(SC2CCCCC2)c1. The van der Waals surface area contributed by atoms with E-state index in [0.29, 0.717) is 0 Å². The molecular formula is C13H17ClOS. The van der Waals surface area contributed by atoms with Crippen molar-refractivity contribution in [3.05, 3.63) is 23.2 Å². The first-order chi connectivity index (χ1) is 7.78. The summed E-state index contributed by atoms with van der Waals surface area (Å²) in [5, 5.41) is 1.52. The summed E-state index contributed by atoms with van der Waals surface area (Å²) in [4.78, 5) is 1.23. The van der Waals surface area contributed by atoms with E-state index < -0.39 is 0 Å². The summed E-state index contributed by atoms with van der Waals surface area (Å²) in [5.41, 5.74) is 0. The molecule has 88 valence electrons. The Morgan fingerprint density at radius 2 is 1.94 bits per heavy atom. The highest BCUT2D eigenvalue weighted by molar-refractivity contribution is 8.00. The first-order valence-corrected chi connectivity index (χ1v) is 7.05. The van der Waals surface area contributed by atoms with Gasteiger partial charge in [-0.1, -0.05) is 30.9 Å². The van der Waals surface area contributed by atoms with Crippen molar-refractivity contribution < 1.29 is 4.74 Å². The fourth-order valence-electron chi connectivity index (χ4n) is 2.10. The molecule has 0 heterocycles. The van der Waals surface area contributed by atoms with Gasteiger partial charge in [0.1, 0.15) is 5.75 Å². The standard InChI is InChI=1S/C13H17ClOS/c1-15-11-7-10(14)8-13(9-11)16-12-5-3-2-4-6-12/h7-9,12H,2-6H2,1H3. The topological polar surface area (TPSA) is 9.23 Å². The Bertz CT molecular complexity index is 348. The summed E-state index contributed by atoms with van der Waals surface area (Å²) < 4.78 is 5.23. The molecule has 0 bridgehead atoms. The average Bonchev–Trinajstić information content (AvgIpc) is 2.29. The Kier molecular flexibility index (Phi) is 4.42. The van der Waals surface area contributed by atoms with Crippen LogP contribution in [0.15, 0.2) is 23.1 Å². The van der Waals surface area contributed by atoms with Crippen LogP contribution in [0.5, 0.6) is 5.75 Å². The first kappa shape index (κ1) is 12.1. The second-order valence-corrected chi connectivity index (χ2v) is 6.01. The minimum absolute atomic E-state index is 0.761. The lowest BCUT2D eigenvalue weighted by Crippen LogP contribution is -2.07. The van der Waals surface area contributed by atoms with Crippen molar-refractivity contribution in [2.45, 2.75) is 42.2 Å². The van der Waals surface area contributed by atoms with Crippen molar-refractivity contribution in [2.24, 2.45) is 0 Å². The molecule has 0 unspecified atom stereocenters. The molecule has 1 nitrogen and oxygen atoms in total. The zero-order valence-corrected chi connectivity index (χ0v) is 11.1. The smallest absolute Gasteiger partial charge is 0.121 e. The predicted molar refractivity (Wildman–Crippen MR) is 70.7 cm³/mol. The minimum Gasteiger partial charge on any atom is -0.497 e. The van der Waals surface area contributed by atoms with Crippen LogP contribution in [0.2, 0.25) is 5.02 Å². The Hall–Kier alpha value is -0.340. The van der Waals surface area contributed by atoms with Crippen LogP contribution in [0.1, 0.15) is 32.1 Å². The third-order valence-electron chi connectivity index (χ3n) is 2.94. The van der Waals surface area contributed by atoms with Crippen molar-refractivity contribution >= 4 is 23.4 Å². The maximum atomic E-state index is 6.05. The van der Waals surface area contributed by atoms with Gasteiger partial charge in [-0.3, -0.25) is 0 Å². The quantitative estimate of drug-likeness (QED) is 0.770. The highest BCUT2D eigenvalue weighted by Crippen LogP contribution is 2.36. The van der Waals surface area contributed by atoms with Crippen LogP contribution in [0.4, 0.5) is 0 Å². The number of hydrogen-bond acceptors (Lipinski definition) is 2. The van der Waals surface area contributed by atoms with Gasteiger partial charge in [-0.05, 0) is 31.0 Å². The normalized spacial score (nSPS) is 17.4. The van der Waals surface area contributed by atoms with E-state index in [9.17, 15) is 0 Å². The molecule has 1 fully saturated rings. The molecule has 2 rings (SSSR count). The first-order valence-electron chi connectivity index (χ1n) is 5.79. The third-order valence-corrected chi connectivity index (χ3v) is 4.47. The Morgan fingerprint density at radius 1 is 1.19 bits per heavy atom. The van der Waals surface area contributed by atoms with Gasteiger partial charge in [0.15, 0.2) is 0 Å². The summed E-state index contributed by atoms with van der Waals surface area (Å²) in [6.45, 7) is 0. The molecule has 1 aliphatic rings. The van der Waals surface area contributed by atoms with E-state index in [1.807, 2.05) is 23.9 Å². The van der Waals surface area contributed by atoms with Gasteiger partial charge in [0.05, 0.1) is 7.11 Å². The molecule has 0 aromatic heterocycles. The van der Waals surface area contributed by atoms with Crippen molar-refractivity contribution in [3.63, 3.8) is 0 Å². The lowest BCUT2D eigenvalue weighted by molar-refractivity contribution is 0.413. The molecule has 0 N–H and O–H groups in total. The number of benzene rings is 1. The van der Waals surface area contributed by atoms with Crippen LogP contribution in [-0.4, -0.2) is 12.4 Å². The van der Waals surface area contributed by atoms with E-state index >= 15 is 0 Å². The molecular weight excluding hydrogens is 240 g/mol. The van der Waals surface area contributed by atoms with Crippen LogP contribution in [0.25, 0.3) is 0 Å². The van der Waals surface area contributed by atoms with E-state index in [-0.39, 0.29) is 0 Å². The Balaban J connectivity index is 2.04. The van der Waals surface area contributed by atoms with E-state index in [1.165, 1.54) is 37.0 Å². The molecule has 1 aromatic carbocycles. The molecule has 1 aromatic rings. The number of rotatable bonds is 3. The van der Waals surface area contributed by atoms with Crippen molar-refractivity contribution in [1.29, 1.82) is 0 Å². The molecule has 0 atom stereocenters. The van der Waals surface area contributed by atoms with E-state index in [1.54, 1.807) is 7.11 Å². The maximum Gasteiger partial charge on any atom is 0.121 e. The highest BCUT2D eigenvalue weighted by atomic mass is 35.5. The summed E-state index contributed by atoms with van der Waals surface area (Å²) in [5.74, 6) is 0.853. The van der Waals surface area contributed by atoms with Gasteiger partial charge in [-0.2, -0.15) is 0 Å². The van der Waals surface area contributed by atoms with Crippen LogP contribution < -0.4 is 4.74 Å².